The number of carbonyl (C=O) groups is 1. The first-order valence-electron chi connectivity index (χ1n) is 4.50. The summed E-state index contributed by atoms with van der Waals surface area (Å²) in [6, 6.07) is 4.80. The van der Waals surface area contributed by atoms with Crippen molar-refractivity contribution >= 4 is 21.6 Å². The Morgan fingerprint density at radius 2 is 2.06 bits per heavy atom. The molecule has 16 heavy (non-hydrogen) atoms. The van der Waals surface area contributed by atoms with Crippen LogP contribution in [0.2, 0.25) is 0 Å². The highest BCUT2D eigenvalue weighted by molar-refractivity contribution is 7.89. The number of nitrogens with one attached hydrogen (secondary N) is 1. The lowest BCUT2D eigenvalue weighted by Gasteiger charge is -2.11. The summed E-state index contributed by atoms with van der Waals surface area (Å²) in [5, 5.41) is 0. The van der Waals surface area contributed by atoms with Crippen LogP contribution in [-0.2, 0) is 14.8 Å². The van der Waals surface area contributed by atoms with Crippen molar-refractivity contribution in [3.8, 4) is 0 Å². The smallest absolute Gasteiger partial charge is 0.241 e. The molecule has 88 valence electrons. The molecule has 1 aromatic rings. The number of sulfonamides is 1. The molecule has 0 saturated carbocycles. The van der Waals surface area contributed by atoms with Gasteiger partial charge in [-0.15, -0.1) is 0 Å². The zero-order valence-corrected chi connectivity index (χ0v) is 9.49. The van der Waals surface area contributed by atoms with Crippen LogP contribution < -0.4 is 16.2 Å². The number of amides is 1. The predicted octanol–water partition coefficient (Wildman–Crippen LogP) is -0.579. The fourth-order valence-corrected chi connectivity index (χ4v) is 2.31. The molecule has 6 nitrogen and oxygen atoms in total. The lowest BCUT2D eigenvalue weighted by molar-refractivity contribution is -0.119. The van der Waals surface area contributed by atoms with E-state index in [0.717, 1.165) is 0 Å². The molecule has 0 aliphatic carbocycles. The molecule has 0 bridgehead atoms. The molecule has 0 heterocycles. The first kappa shape index (κ1) is 12.5. The summed E-state index contributed by atoms with van der Waals surface area (Å²) < 4.78 is 25.6. The Hall–Kier alpha value is -1.60. The fraction of sp³-hybridized carbons (Fsp3) is 0.222. The summed E-state index contributed by atoms with van der Waals surface area (Å²) in [6.07, 6.45) is 0. The topological polar surface area (TPSA) is 115 Å². The summed E-state index contributed by atoms with van der Waals surface area (Å²) in [5.41, 5.74) is 10.8. The van der Waals surface area contributed by atoms with Gasteiger partial charge in [-0.1, -0.05) is 6.07 Å². The number of rotatable bonds is 4. The molecule has 1 atom stereocenters. The van der Waals surface area contributed by atoms with Crippen LogP contribution in [-0.4, -0.2) is 20.4 Å². The number of benzene rings is 1. The highest BCUT2D eigenvalue weighted by atomic mass is 32.2. The van der Waals surface area contributed by atoms with E-state index in [2.05, 4.69) is 4.72 Å². The third-order valence-corrected chi connectivity index (χ3v) is 3.47. The van der Waals surface area contributed by atoms with E-state index in [0.29, 0.717) is 5.69 Å². The van der Waals surface area contributed by atoms with Gasteiger partial charge in [0.15, 0.2) is 0 Å². The average molecular weight is 243 g/mol. The van der Waals surface area contributed by atoms with Crippen LogP contribution in [0.4, 0.5) is 5.69 Å². The molecule has 1 aromatic carbocycles. The van der Waals surface area contributed by atoms with Crippen LogP contribution >= 0.6 is 0 Å². The molecule has 0 aliphatic rings. The maximum absolute atomic E-state index is 11.7. The van der Waals surface area contributed by atoms with Gasteiger partial charge in [0.1, 0.15) is 0 Å². The molecule has 1 rings (SSSR count). The van der Waals surface area contributed by atoms with Gasteiger partial charge in [-0.2, -0.15) is 4.72 Å². The zero-order valence-electron chi connectivity index (χ0n) is 8.67. The van der Waals surface area contributed by atoms with Crippen molar-refractivity contribution in [3.05, 3.63) is 24.3 Å². The summed E-state index contributed by atoms with van der Waals surface area (Å²) in [5.74, 6) is -0.743. The highest BCUT2D eigenvalue weighted by Crippen LogP contribution is 2.12. The van der Waals surface area contributed by atoms with E-state index >= 15 is 0 Å². The maximum Gasteiger partial charge on any atom is 0.241 e. The number of hydrogen-bond acceptors (Lipinski definition) is 4. The van der Waals surface area contributed by atoms with Gasteiger partial charge in [0.25, 0.3) is 0 Å². The van der Waals surface area contributed by atoms with Gasteiger partial charge >= 0.3 is 0 Å². The Morgan fingerprint density at radius 1 is 1.44 bits per heavy atom. The van der Waals surface area contributed by atoms with E-state index in [9.17, 15) is 13.2 Å². The van der Waals surface area contributed by atoms with Crippen LogP contribution in [0.25, 0.3) is 0 Å². The van der Waals surface area contributed by atoms with E-state index in [4.69, 9.17) is 11.5 Å². The quantitative estimate of drug-likeness (QED) is 0.613. The summed E-state index contributed by atoms with van der Waals surface area (Å²) >= 11 is 0. The number of hydrogen-bond donors (Lipinski definition) is 3. The lowest BCUT2D eigenvalue weighted by Crippen LogP contribution is -2.42. The Kier molecular flexibility index (Phi) is 3.51. The van der Waals surface area contributed by atoms with Gasteiger partial charge < -0.3 is 11.5 Å². The largest absolute Gasteiger partial charge is 0.399 e. The van der Waals surface area contributed by atoms with E-state index in [1.54, 1.807) is 6.07 Å². The third kappa shape index (κ3) is 2.94. The minimum absolute atomic E-state index is 0.000556. The van der Waals surface area contributed by atoms with Crippen LogP contribution in [0.3, 0.4) is 0 Å². The van der Waals surface area contributed by atoms with Gasteiger partial charge in [0.2, 0.25) is 15.9 Å². The number of carbonyl (C=O) groups excluding carboxylic acids is 1. The second kappa shape index (κ2) is 4.50. The number of nitrogens with two attached hydrogens (primary N) is 2. The van der Waals surface area contributed by atoms with Crippen molar-refractivity contribution < 1.29 is 13.2 Å². The van der Waals surface area contributed by atoms with Crippen molar-refractivity contribution in [3.63, 3.8) is 0 Å². The van der Waals surface area contributed by atoms with Crippen molar-refractivity contribution in [1.82, 2.24) is 4.72 Å². The normalized spacial score (nSPS) is 13.3. The molecule has 0 saturated heterocycles. The molecule has 0 radical (unpaired) electrons. The lowest BCUT2D eigenvalue weighted by atomic mass is 10.3. The molecule has 7 heteroatoms. The summed E-state index contributed by atoms with van der Waals surface area (Å²) in [6.45, 7) is 1.37. The summed E-state index contributed by atoms with van der Waals surface area (Å²) in [4.78, 5) is 10.7. The number of primary amides is 1. The average Bonchev–Trinajstić information content (AvgIpc) is 2.17. The molecule has 0 aliphatic heterocycles. The third-order valence-electron chi connectivity index (χ3n) is 1.93. The Labute approximate surface area is 93.7 Å². The van der Waals surface area contributed by atoms with Crippen LogP contribution in [0, 0.1) is 0 Å². The van der Waals surface area contributed by atoms with Crippen LogP contribution in [0.15, 0.2) is 29.2 Å². The monoisotopic (exact) mass is 243 g/mol. The molecule has 5 N–H and O–H groups in total. The predicted molar refractivity (Wildman–Crippen MR) is 59.8 cm³/mol. The van der Waals surface area contributed by atoms with Gasteiger partial charge in [-0.05, 0) is 25.1 Å². The van der Waals surface area contributed by atoms with Crippen LogP contribution in [0.5, 0.6) is 0 Å². The van der Waals surface area contributed by atoms with Gasteiger partial charge in [-0.3, -0.25) is 4.79 Å². The number of anilines is 1. The van der Waals surface area contributed by atoms with Gasteiger partial charge in [-0.25, -0.2) is 8.42 Å². The first-order valence-corrected chi connectivity index (χ1v) is 5.98. The van der Waals surface area contributed by atoms with Crippen molar-refractivity contribution in [2.45, 2.75) is 17.9 Å². The second-order valence-corrected chi connectivity index (χ2v) is 5.03. The highest BCUT2D eigenvalue weighted by Gasteiger charge is 2.20. The molecule has 0 fully saturated rings. The fourth-order valence-electron chi connectivity index (χ4n) is 1.04. The van der Waals surface area contributed by atoms with E-state index in [1.165, 1.54) is 25.1 Å². The molecule has 0 aromatic heterocycles. The van der Waals surface area contributed by atoms with Crippen molar-refractivity contribution in [1.29, 1.82) is 0 Å². The zero-order chi connectivity index (χ0) is 12.3. The van der Waals surface area contributed by atoms with Crippen molar-refractivity contribution in [2.75, 3.05) is 5.73 Å². The maximum atomic E-state index is 11.7. The van der Waals surface area contributed by atoms with E-state index < -0.39 is 22.0 Å². The second-order valence-electron chi connectivity index (χ2n) is 3.32. The van der Waals surface area contributed by atoms with Crippen molar-refractivity contribution in [2.24, 2.45) is 5.73 Å². The molecule has 0 spiro atoms. The molecule has 1 unspecified atom stereocenters. The SMILES string of the molecule is CC(NS(=O)(=O)c1cccc(N)c1)C(N)=O. The summed E-state index contributed by atoms with van der Waals surface area (Å²) in [7, 11) is -3.76. The number of nitrogen functional groups attached to an aromatic ring is 1. The first-order chi connectivity index (χ1) is 7.33. The van der Waals surface area contributed by atoms with E-state index in [1.807, 2.05) is 0 Å². The molecule has 1 amide bonds. The Morgan fingerprint density at radius 3 is 2.56 bits per heavy atom. The molecular formula is C9H13N3O3S. The molecular weight excluding hydrogens is 230 g/mol. The Balaban J connectivity index is 2.99. The van der Waals surface area contributed by atoms with Gasteiger partial charge in [0, 0.05) is 5.69 Å². The van der Waals surface area contributed by atoms with Gasteiger partial charge in [0.05, 0.1) is 10.9 Å². The van der Waals surface area contributed by atoms with E-state index in [-0.39, 0.29) is 4.90 Å². The Bertz CT molecular complexity index is 498. The van der Waals surface area contributed by atoms with Crippen LogP contribution in [0.1, 0.15) is 6.92 Å². The minimum Gasteiger partial charge on any atom is -0.399 e. The standard InChI is InChI=1S/C9H13N3O3S/c1-6(9(11)13)12-16(14,15)8-4-2-3-7(10)5-8/h2-6,12H,10H2,1H3,(H2,11,13). The minimum atomic E-state index is -3.76.